The van der Waals surface area contributed by atoms with Crippen molar-refractivity contribution in [1.82, 2.24) is 10.3 Å². The van der Waals surface area contributed by atoms with Gasteiger partial charge in [0.1, 0.15) is 0 Å². The minimum atomic E-state index is -3.24. The summed E-state index contributed by atoms with van der Waals surface area (Å²) in [6.07, 6.45) is 3.09. The van der Waals surface area contributed by atoms with E-state index in [4.69, 9.17) is 0 Å². The highest BCUT2D eigenvalue weighted by Gasteiger charge is 2.20. The van der Waals surface area contributed by atoms with Crippen LogP contribution < -0.4 is 10.0 Å². The van der Waals surface area contributed by atoms with Crippen molar-refractivity contribution >= 4 is 26.5 Å². The van der Waals surface area contributed by atoms with E-state index < -0.39 is 10.0 Å². The third-order valence-corrected chi connectivity index (χ3v) is 4.80. The van der Waals surface area contributed by atoms with Gasteiger partial charge in [-0.2, -0.15) is 0 Å². The molecule has 0 unspecified atom stereocenters. The van der Waals surface area contributed by atoms with E-state index in [0.717, 1.165) is 12.2 Å². The molecule has 1 aromatic rings. The normalized spacial score (nSPS) is 16.1. The van der Waals surface area contributed by atoms with E-state index in [1.54, 1.807) is 0 Å². The van der Waals surface area contributed by atoms with Gasteiger partial charge in [0.25, 0.3) is 0 Å². The average Bonchev–Trinajstić information content (AvgIpc) is 2.98. The smallest absolute Gasteiger partial charge is 0.234 e. The van der Waals surface area contributed by atoms with Crippen molar-refractivity contribution in [1.29, 1.82) is 0 Å². The van der Waals surface area contributed by atoms with Crippen LogP contribution in [0.4, 0.5) is 5.13 Å². The topological polar surface area (TPSA) is 71.1 Å². The quantitative estimate of drug-likeness (QED) is 0.737. The first kappa shape index (κ1) is 12.8. The predicted octanol–water partition coefficient (Wildman–Crippen LogP) is 1.34. The summed E-state index contributed by atoms with van der Waals surface area (Å²) in [6.45, 7) is 2.61. The average molecular weight is 275 g/mol. The lowest BCUT2D eigenvalue weighted by Gasteiger charge is -2.05. The molecule has 0 aliphatic heterocycles. The molecule has 0 aromatic carbocycles. The van der Waals surface area contributed by atoms with Crippen molar-refractivity contribution in [2.75, 3.05) is 17.0 Å². The van der Waals surface area contributed by atoms with Gasteiger partial charge in [0, 0.05) is 11.4 Å². The number of nitrogens with one attached hydrogen (secondary N) is 2. The molecule has 2 rings (SSSR count). The molecule has 1 aliphatic carbocycles. The number of rotatable bonds is 7. The summed E-state index contributed by atoms with van der Waals surface area (Å²) < 4.78 is 25.9. The molecule has 0 atom stereocenters. The third-order valence-electron chi connectivity index (χ3n) is 2.46. The highest BCUT2D eigenvalue weighted by atomic mass is 32.2. The SMILES string of the molecule is Cc1csc(NS(=O)(=O)CCCNC2CC2)n1. The molecule has 1 saturated carbocycles. The largest absolute Gasteiger partial charge is 0.314 e. The number of sulfonamides is 1. The van der Waals surface area contributed by atoms with Crippen LogP contribution in [0.3, 0.4) is 0 Å². The van der Waals surface area contributed by atoms with Crippen LogP contribution in [0.1, 0.15) is 25.0 Å². The first-order valence-corrected chi connectivity index (χ1v) is 8.24. The molecule has 0 bridgehead atoms. The predicted molar refractivity (Wildman–Crippen MR) is 69.9 cm³/mol. The van der Waals surface area contributed by atoms with Crippen LogP contribution >= 0.6 is 11.3 Å². The van der Waals surface area contributed by atoms with E-state index in [2.05, 4.69) is 15.0 Å². The number of nitrogens with zero attached hydrogens (tertiary/aromatic N) is 1. The maximum atomic E-state index is 11.7. The number of hydrogen-bond acceptors (Lipinski definition) is 5. The van der Waals surface area contributed by atoms with Crippen LogP contribution in [0.5, 0.6) is 0 Å². The van der Waals surface area contributed by atoms with Crippen molar-refractivity contribution < 1.29 is 8.42 Å². The molecule has 7 heteroatoms. The highest BCUT2D eigenvalue weighted by molar-refractivity contribution is 7.92. The monoisotopic (exact) mass is 275 g/mol. The molecule has 1 aromatic heterocycles. The van der Waals surface area contributed by atoms with Crippen LogP contribution in [0.15, 0.2) is 5.38 Å². The number of aromatic nitrogens is 1. The summed E-state index contributed by atoms with van der Waals surface area (Å²) in [5.41, 5.74) is 0.836. The first-order chi connectivity index (χ1) is 8.05. The second-order valence-electron chi connectivity index (χ2n) is 4.30. The van der Waals surface area contributed by atoms with Gasteiger partial charge in [0.2, 0.25) is 10.0 Å². The van der Waals surface area contributed by atoms with E-state index in [0.29, 0.717) is 17.6 Å². The lowest BCUT2D eigenvalue weighted by atomic mass is 10.5. The van der Waals surface area contributed by atoms with Crippen LogP contribution in [-0.4, -0.2) is 31.7 Å². The van der Waals surface area contributed by atoms with Crippen LogP contribution in [0.2, 0.25) is 0 Å². The Morgan fingerprint density at radius 2 is 2.29 bits per heavy atom. The molecule has 0 radical (unpaired) electrons. The summed E-state index contributed by atoms with van der Waals surface area (Å²) in [4.78, 5) is 4.07. The summed E-state index contributed by atoms with van der Waals surface area (Å²) in [6, 6.07) is 0.632. The lowest BCUT2D eigenvalue weighted by molar-refractivity contribution is 0.593. The van der Waals surface area contributed by atoms with Crippen molar-refractivity contribution in [2.45, 2.75) is 32.2 Å². The molecular weight excluding hydrogens is 258 g/mol. The van der Waals surface area contributed by atoms with E-state index in [1.165, 1.54) is 24.2 Å². The second kappa shape index (κ2) is 5.32. The van der Waals surface area contributed by atoms with Gasteiger partial charge in [-0.3, -0.25) is 4.72 Å². The van der Waals surface area contributed by atoms with Gasteiger partial charge in [-0.25, -0.2) is 13.4 Å². The Morgan fingerprint density at radius 3 is 2.88 bits per heavy atom. The highest BCUT2D eigenvalue weighted by Crippen LogP contribution is 2.18. The Labute approximate surface area is 106 Å². The summed E-state index contributed by atoms with van der Waals surface area (Å²) in [5.74, 6) is 0.144. The zero-order valence-electron chi connectivity index (χ0n) is 9.77. The maximum Gasteiger partial charge on any atom is 0.234 e. The summed E-state index contributed by atoms with van der Waals surface area (Å²) in [5, 5.41) is 5.57. The van der Waals surface area contributed by atoms with Crippen LogP contribution in [-0.2, 0) is 10.0 Å². The maximum absolute atomic E-state index is 11.7. The van der Waals surface area contributed by atoms with Crippen LogP contribution in [0.25, 0.3) is 0 Å². The third kappa shape index (κ3) is 4.61. The Kier molecular flexibility index (Phi) is 4.01. The molecule has 96 valence electrons. The van der Waals surface area contributed by atoms with Crippen LogP contribution in [0, 0.1) is 6.92 Å². The molecule has 0 spiro atoms. The Bertz CT molecular complexity index is 466. The number of anilines is 1. The zero-order chi connectivity index (χ0) is 12.3. The van der Waals surface area contributed by atoms with Crippen molar-refractivity contribution in [2.24, 2.45) is 0 Å². The summed E-state index contributed by atoms with van der Waals surface area (Å²) in [7, 11) is -3.24. The Balaban J connectivity index is 1.73. The minimum absolute atomic E-state index is 0.144. The fraction of sp³-hybridized carbons (Fsp3) is 0.700. The van der Waals surface area contributed by atoms with E-state index in [1.807, 2.05) is 12.3 Å². The fourth-order valence-electron chi connectivity index (χ4n) is 1.44. The Hall–Kier alpha value is -0.660. The molecule has 1 fully saturated rings. The molecule has 1 heterocycles. The van der Waals surface area contributed by atoms with Gasteiger partial charge in [0.15, 0.2) is 5.13 Å². The van der Waals surface area contributed by atoms with Crippen molar-refractivity contribution in [3.63, 3.8) is 0 Å². The van der Waals surface area contributed by atoms with Gasteiger partial charge in [-0.05, 0) is 32.7 Å². The van der Waals surface area contributed by atoms with Gasteiger partial charge in [-0.1, -0.05) is 0 Å². The number of hydrogen-bond donors (Lipinski definition) is 2. The molecule has 2 N–H and O–H groups in total. The second-order valence-corrected chi connectivity index (χ2v) is 7.00. The number of thiazole rings is 1. The van der Waals surface area contributed by atoms with Gasteiger partial charge >= 0.3 is 0 Å². The fourth-order valence-corrected chi connectivity index (χ4v) is 3.48. The molecule has 17 heavy (non-hydrogen) atoms. The standard InChI is InChI=1S/C10H17N3O2S2/c1-8-7-16-10(12-8)13-17(14,15)6-2-5-11-9-3-4-9/h7,9,11H,2-6H2,1H3,(H,12,13). The summed E-state index contributed by atoms with van der Waals surface area (Å²) >= 11 is 1.31. The van der Waals surface area contributed by atoms with E-state index >= 15 is 0 Å². The minimum Gasteiger partial charge on any atom is -0.314 e. The first-order valence-electron chi connectivity index (χ1n) is 5.71. The van der Waals surface area contributed by atoms with Gasteiger partial charge in [-0.15, -0.1) is 11.3 Å². The zero-order valence-corrected chi connectivity index (χ0v) is 11.4. The molecule has 5 nitrogen and oxygen atoms in total. The van der Waals surface area contributed by atoms with Crippen molar-refractivity contribution in [3.05, 3.63) is 11.1 Å². The molecule has 0 amide bonds. The molecular formula is C10H17N3O2S2. The van der Waals surface area contributed by atoms with E-state index in [9.17, 15) is 8.42 Å². The van der Waals surface area contributed by atoms with Gasteiger partial charge < -0.3 is 5.32 Å². The number of aryl methyl sites for hydroxylation is 1. The van der Waals surface area contributed by atoms with Gasteiger partial charge in [0.05, 0.1) is 11.4 Å². The molecule has 1 aliphatic rings. The lowest BCUT2D eigenvalue weighted by Crippen LogP contribution is -2.23. The molecule has 0 saturated heterocycles. The van der Waals surface area contributed by atoms with Crippen molar-refractivity contribution in [3.8, 4) is 0 Å². The Morgan fingerprint density at radius 1 is 1.53 bits per heavy atom. The van der Waals surface area contributed by atoms with E-state index in [-0.39, 0.29) is 5.75 Å².